The van der Waals surface area contributed by atoms with E-state index in [2.05, 4.69) is 26.4 Å². The molecular weight excluding hydrogens is 272 g/mol. The van der Waals surface area contributed by atoms with Crippen LogP contribution in [0.2, 0.25) is 0 Å². The maximum Gasteiger partial charge on any atom is 0.290 e. The number of rotatable bonds is 3. The Kier molecular flexibility index (Phi) is 3.33. The SMILES string of the molecule is Cc1cc(C(=O)NC2(CBr)CCCC2)on1. The van der Waals surface area contributed by atoms with Gasteiger partial charge in [-0.2, -0.15) is 0 Å². The Bertz CT molecular complexity index is 383. The molecule has 0 unspecified atom stereocenters. The average molecular weight is 287 g/mol. The van der Waals surface area contributed by atoms with Crippen molar-refractivity contribution in [3.8, 4) is 0 Å². The number of nitrogens with zero attached hydrogens (tertiary/aromatic N) is 1. The zero-order valence-electron chi connectivity index (χ0n) is 9.25. The molecule has 1 aliphatic rings. The van der Waals surface area contributed by atoms with Crippen LogP contribution in [0.15, 0.2) is 10.6 Å². The largest absolute Gasteiger partial charge is 0.351 e. The van der Waals surface area contributed by atoms with Crippen LogP contribution in [0.4, 0.5) is 0 Å². The molecule has 1 aliphatic carbocycles. The van der Waals surface area contributed by atoms with Crippen molar-refractivity contribution < 1.29 is 9.32 Å². The minimum atomic E-state index is -0.165. The molecule has 0 radical (unpaired) electrons. The topological polar surface area (TPSA) is 55.1 Å². The average Bonchev–Trinajstić information content (AvgIpc) is 2.88. The number of aryl methyl sites for hydroxylation is 1. The highest BCUT2D eigenvalue weighted by Gasteiger charge is 2.35. The molecule has 0 spiro atoms. The fraction of sp³-hybridized carbons (Fsp3) is 0.636. The van der Waals surface area contributed by atoms with Gasteiger partial charge < -0.3 is 9.84 Å². The van der Waals surface area contributed by atoms with Crippen molar-refractivity contribution in [3.05, 3.63) is 17.5 Å². The summed E-state index contributed by atoms with van der Waals surface area (Å²) in [4.78, 5) is 11.9. The molecule has 1 aromatic rings. The first-order valence-electron chi connectivity index (χ1n) is 5.47. The molecule has 1 fully saturated rings. The van der Waals surface area contributed by atoms with Crippen molar-refractivity contribution in [2.24, 2.45) is 0 Å². The Morgan fingerprint density at radius 1 is 1.62 bits per heavy atom. The minimum absolute atomic E-state index is 0.0994. The van der Waals surface area contributed by atoms with Gasteiger partial charge in [-0.25, -0.2) is 0 Å². The number of nitrogens with one attached hydrogen (secondary N) is 1. The van der Waals surface area contributed by atoms with Crippen molar-refractivity contribution >= 4 is 21.8 Å². The number of hydrogen-bond donors (Lipinski definition) is 1. The minimum Gasteiger partial charge on any atom is -0.351 e. The van der Waals surface area contributed by atoms with E-state index in [1.807, 2.05) is 0 Å². The lowest BCUT2D eigenvalue weighted by atomic mass is 10.0. The van der Waals surface area contributed by atoms with Gasteiger partial charge in [0.05, 0.1) is 11.2 Å². The van der Waals surface area contributed by atoms with Gasteiger partial charge in [0.25, 0.3) is 5.91 Å². The summed E-state index contributed by atoms with van der Waals surface area (Å²) >= 11 is 3.48. The molecule has 1 amide bonds. The van der Waals surface area contributed by atoms with E-state index < -0.39 is 0 Å². The molecule has 2 rings (SSSR count). The second-order valence-electron chi connectivity index (χ2n) is 4.41. The fourth-order valence-electron chi connectivity index (χ4n) is 2.12. The fourth-order valence-corrected chi connectivity index (χ4v) is 2.82. The lowest BCUT2D eigenvalue weighted by Crippen LogP contribution is -2.47. The lowest BCUT2D eigenvalue weighted by molar-refractivity contribution is 0.0872. The van der Waals surface area contributed by atoms with Crippen LogP contribution in [0.1, 0.15) is 41.9 Å². The quantitative estimate of drug-likeness (QED) is 0.869. The zero-order chi connectivity index (χ0) is 11.6. The van der Waals surface area contributed by atoms with Gasteiger partial charge in [0, 0.05) is 11.4 Å². The van der Waals surface area contributed by atoms with Gasteiger partial charge in [0.1, 0.15) is 0 Å². The third-order valence-electron chi connectivity index (χ3n) is 3.05. The molecule has 88 valence electrons. The molecule has 0 aromatic carbocycles. The van der Waals surface area contributed by atoms with Gasteiger partial charge in [0.2, 0.25) is 5.76 Å². The Labute approximate surface area is 103 Å². The predicted octanol–water partition coefficient (Wildman–Crippen LogP) is 2.42. The second kappa shape index (κ2) is 4.57. The molecule has 4 nitrogen and oxygen atoms in total. The van der Waals surface area contributed by atoms with Gasteiger partial charge in [-0.15, -0.1) is 0 Å². The smallest absolute Gasteiger partial charge is 0.290 e. The molecular formula is C11H15BrN2O2. The van der Waals surface area contributed by atoms with Crippen molar-refractivity contribution in [3.63, 3.8) is 0 Å². The van der Waals surface area contributed by atoms with E-state index in [-0.39, 0.29) is 11.4 Å². The first kappa shape index (κ1) is 11.6. The van der Waals surface area contributed by atoms with Crippen LogP contribution in [0.5, 0.6) is 0 Å². The zero-order valence-corrected chi connectivity index (χ0v) is 10.8. The van der Waals surface area contributed by atoms with Crippen LogP contribution in [-0.4, -0.2) is 21.9 Å². The van der Waals surface area contributed by atoms with E-state index in [1.165, 1.54) is 12.8 Å². The molecule has 16 heavy (non-hydrogen) atoms. The second-order valence-corrected chi connectivity index (χ2v) is 4.97. The summed E-state index contributed by atoms with van der Waals surface area (Å²) in [6, 6.07) is 1.66. The van der Waals surface area contributed by atoms with Crippen molar-refractivity contribution in [1.82, 2.24) is 10.5 Å². The van der Waals surface area contributed by atoms with Gasteiger partial charge in [-0.05, 0) is 19.8 Å². The number of halogens is 1. The van der Waals surface area contributed by atoms with E-state index >= 15 is 0 Å². The van der Waals surface area contributed by atoms with Crippen LogP contribution < -0.4 is 5.32 Å². The lowest BCUT2D eigenvalue weighted by Gasteiger charge is -2.27. The Balaban J connectivity index is 2.06. The number of carbonyl (C=O) groups excluding carboxylic acids is 1. The predicted molar refractivity (Wildman–Crippen MR) is 63.7 cm³/mol. The van der Waals surface area contributed by atoms with Crippen LogP contribution in [0.25, 0.3) is 0 Å². The van der Waals surface area contributed by atoms with Crippen molar-refractivity contribution in [1.29, 1.82) is 0 Å². The Hall–Kier alpha value is -0.840. The number of aromatic nitrogens is 1. The van der Waals surface area contributed by atoms with Crippen molar-refractivity contribution in [2.75, 3.05) is 5.33 Å². The van der Waals surface area contributed by atoms with Crippen molar-refractivity contribution in [2.45, 2.75) is 38.1 Å². The van der Waals surface area contributed by atoms with Gasteiger partial charge in [-0.3, -0.25) is 4.79 Å². The highest BCUT2D eigenvalue weighted by Crippen LogP contribution is 2.31. The molecule has 0 atom stereocenters. The molecule has 5 heteroatoms. The molecule has 1 aromatic heterocycles. The Morgan fingerprint density at radius 2 is 2.31 bits per heavy atom. The number of alkyl halides is 1. The van der Waals surface area contributed by atoms with E-state index in [0.717, 1.165) is 23.9 Å². The van der Waals surface area contributed by atoms with E-state index in [1.54, 1.807) is 13.0 Å². The maximum absolute atomic E-state index is 11.9. The van der Waals surface area contributed by atoms with Gasteiger partial charge >= 0.3 is 0 Å². The summed E-state index contributed by atoms with van der Waals surface area (Å²) < 4.78 is 4.95. The summed E-state index contributed by atoms with van der Waals surface area (Å²) in [6.07, 6.45) is 4.39. The monoisotopic (exact) mass is 286 g/mol. The number of amides is 1. The van der Waals surface area contributed by atoms with Gasteiger partial charge in [0.15, 0.2) is 0 Å². The molecule has 0 saturated heterocycles. The van der Waals surface area contributed by atoms with Crippen LogP contribution >= 0.6 is 15.9 Å². The highest BCUT2D eigenvalue weighted by atomic mass is 79.9. The molecule has 1 heterocycles. The first-order valence-corrected chi connectivity index (χ1v) is 6.59. The first-order chi connectivity index (χ1) is 7.65. The van der Waals surface area contributed by atoms with Gasteiger partial charge in [-0.1, -0.05) is 33.9 Å². The number of carbonyl (C=O) groups is 1. The standard InChI is InChI=1S/C11H15BrN2O2/c1-8-6-9(16-14-8)10(15)13-11(7-12)4-2-3-5-11/h6H,2-5,7H2,1H3,(H,13,15). The van der Waals surface area contributed by atoms with Crippen LogP contribution in [0.3, 0.4) is 0 Å². The summed E-state index contributed by atoms with van der Waals surface area (Å²) in [6.45, 7) is 1.80. The highest BCUT2D eigenvalue weighted by molar-refractivity contribution is 9.09. The molecule has 0 aliphatic heterocycles. The number of hydrogen-bond acceptors (Lipinski definition) is 3. The third-order valence-corrected chi connectivity index (χ3v) is 4.12. The summed E-state index contributed by atoms with van der Waals surface area (Å²) in [7, 11) is 0. The summed E-state index contributed by atoms with van der Waals surface area (Å²) in [5.41, 5.74) is 0.627. The van der Waals surface area contributed by atoms with Crippen LogP contribution in [0, 0.1) is 6.92 Å². The van der Waals surface area contributed by atoms with E-state index in [4.69, 9.17) is 4.52 Å². The summed E-state index contributed by atoms with van der Waals surface area (Å²) in [5.74, 6) is 0.131. The molecule has 1 saturated carbocycles. The molecule has 1 N–H and O–H groups in total. The third kappa shape index (κ3) is 2.29. The summed E-state index contributed by atoms with van der Waals surface area (Å²) in [5, 5.41) is 7.56. The molecule has 0 bridgehead atoms. The van der Waals surface area contributed by atoms with E-state index in [9.17, 15) is 4.79 Å². The normalized spacial score (nSPS) is 18.6. The van der Waals surface area contributed by atoms with E-state index in [0.29, 0.717) is 5.76 Å². The van der Waals surface area contributed by atoms with Crippen LogP contribution in [-0.2, 0) is 0 Å². The Morgan fingerprint density at radius 3 is 2.81 bits per heavy atom. The maximum atomic E-state index is 11.9.